The molecule has 1 atom stereocenters. The molecule has 0 aliphatic carbocycles. The predicted octanol–water partition coefficient (Wildman–Crippen LogP) is 4.04. The Hall–Kier alpha value is -2.76. The van der Waals surface area contributed by atoms with E-state index < -0.39 is 17.2 Å². The van der Waals surface area contributed by atoms with E-state index in [9.17, 15) is 8.78 Å². The summed E-state index contributed by atoms with van der Waals surface area (Å²) in [5.74, 6) is -1.16. The van der Waals surface area contributed by atoms with Crippen molar-refractivity contribution in [1.29, 1.82) is 0 Å². The lowest BCUT2D eigenvalue weighted by atomic mass is 9.77. The number of aromatic nitrogens is 3. The molecule has 0 bridgehead atoms. The highest BCUT2D eigenvalue weighted by Gasteiger charge is 2.37. The Bertz CT molecular complexity index is 1030. The first kappa shape index (κ1) is 15.7. The van der Waals surface area contributed by atoms with Gasteiger partial charge in [0.25, 0.3) is 0 Å². The zero-order valence-electron chi connectivity index (χ0n) is 14.1. The minimum absolute atomic E-state index is 0.208. The van der Waals surface area contributed by atoms with E-state index in [1.807, 2.05) is 39.0 Å². The molecule has 1 aromatic heterocycles. The van der Waals surface area contributed by atoms with E-state index in [0.29, 0.717) is 27.9 Å². The highest BCUT2D eigenvalue weighted by atomic mass is 19.1. The van der Waals surface area contributed by atoms with Gasteiger partial charge in [-0.2, -0.15) is 0 Å². The molecular formula is C19H16F2N4. The van der Waals surface area contributed by atoms with Gasteiger partial charge in [-0.1, -0.05) is 19.1 Å². The van der Waals surface area contributed by atoms with Crippen LogP contribution in [0, 0.1) is 11.6 Å². The normalized spacial score (nSPS) is 18.8. The summed E-state index contributed by atoms with van der Waals surface area (Å²) in [4.78, 5) is 9.21. The number of fused-ring (bicyclic) bond motifs is 2. The van der Waals surface area contributed by atoms with Gasteiger partial charge in [0.2, 0.25) is 5.82 Å². The fourth-order valence-electron chi connectivity index (χ4n) is 3.17. The molecule has 0 fully saturated rings. The molecule has 0 spiro atoms. The SMILES string of the molecule is CC1c2c(F)cc(F)cc2C(c2nnc3ccccc3n2)=NC1(C)C. The van der Waals surface area contributed by atoms with E-state index in [1.165, 1.54) is 6.07 Å². The van der Waals surface area contributed by atoms with Crippen LogP contribution < -0.4 is 0 Å². The van der Waals surface area contributed by atoms with Gasteiger partial charge in [-0.25, -0.2) is 13.8 Å². The van der Waals surface area contributed by atoms with Gasteiger partial charge in [0.15, 0.2) is 0 Å². The predicted molar refractivity (Wildman–Crippen MR) is 91.8 cm³/mol. The molecule has 0 saturated carbocycles. The van der Waals surface area contributed by atoms with E-state index in [-0.39, 0.29) is 11.7 Å². The highest BCUT2D eigenvalue weighted by molar-refractivity contribution is 6.13. The Morgan fingerprint density at radius 3 is 2.48 bits per heavy atom. The number of halogens is 2. The molecule has 6 heteroatoms. The zero-order valence-corrected chi connectivity index (χ0v) is 14.1. The largest absolute Gasteiger partial charge is 0.274 e. The van der Waals surface area contributed by atoms with Crippen LogP contribution in [-0.2, 0) is 0 Å². The molecule has 1 unspecified atom stereocenters. The van der Waals surface area contributed by atoms with Crippen molar-refractivity contribution in [2.45, 2.75) is 32.2 Å². The van der Waals surface area contributed by atoms with Crippen LogP contribution in [0.3, 0.4) is 0 Å². The van der Waals surface area contributed by atoms with Gasteiger partial charge in [-0.15, -0.1) is 10.2 Å². The maximum atomic E-state index is 14.5. The van der Waals surface area contributed by atoms with Crippen molar-refractivity contribution in [3.8, 4) is 0 Å². The number of nitrogens with zero attached hydrogens (tertiary/aromatic N) is 4. The molecule has 25 heavy (non-hydrogen) atoms. The standard InChI is InChI=1S/C19H16F2N4/c1-10-16-12(8-11(20)9-13(16)21)17(23-19(10,2)3)18-22-14-6-4-5-7-15(14)24-25-18/h4-10H,1-3H3. The van der Waals surface area contributed by atoms with Crippen molar-refractivity contribution in [2.75, 3.05) is 0 Å². The number of para-hydroxylation sites is 1. The minimum atomic E-state index is -0.649. The molecule has 0 saturated heterocycles. The second-order valence-electron chi connectivity index (χ2n) is 6.81. The number of aliphatic imine (C=N–C) groups is 1. The Kier molecular flexibility index (Phi) is 3.39. The maximum absolute atomic E-state index is 14.5. The third kappa shape index (κ3) is 2.49. The fraction of sp³-hybridized carbons (Fsp3) is 0.263. The summed E-state index contributed by atoms with van der Waals surface area (Å²) in [7, 11) is 0. The lowest BCUT2D eigenvalue weighted by molar-refractivity contribution is 0.414. The molecule has 0 radical (unpaired) electrons. The summed E-state index contributed by atoms with van der Waals surface area (Å²) in [5, 5.41) is 8.30. The van der Waals surface area contributed by atoms with Crippen LogP contribution in [-0.4, -0.2) is 26.4 Å². The summed E-state index contributed by atoms with van der Waals surface area (Å²) < 4.78 is 28.4. The first-order valence-electron chi connectivity index (χ1n) is 8.06. The Morgan fingerprint density at radius 1 is 1.00 bits per heavy atom. The lowest BCUT2D eigenvalue weighted by Gasteiger charge is -2.35. The average molecular weight is 338 g/mol. The highest BCUT2D eigenvalue weighted by Crippen LogP contribution is 2.40. The van der Waals surface area contributed by atoms with Gasteiger partial charge in [-0.3, -0.25) is 4.99 Å². The molecule has 1 aliphatic heterocycles. The third-order valence-electron chi connectivity index (χ3n) is 4.81. The fourth-order valence-corrected chi connectivity index (χ4v) is 3.17. The molecule has 4 rings (SSSR count). The van der Waals surface area contributed by atoms with Crippen molar-refractivity contribution in [2.24, 2.45) is 4.99 Å². The van der Waals surface area contributed by atoms with E-state index in [4.69, 9.17) is 4.99 Å². The number of benzene rings is 2. The van der Waals surface area contributed by atoms with Gasteiger partial charge >= 0.3 is 0 Å². The molecule has 2 heterocycles. The van der Waals surface area contributed by atoms with Crippen LogP contribution in [0.15, 0.2) is 41.4 Å². The number of rotatable bonds is 1. The van der Waals surface area contributed by atoms with Crippen LogP contribution in [0.25, 0.3) is 11.0 Å². The minimum Gasteiger partial charge on any atom is -0.274 e. The van der Waals surface area contributed by atoms with Crippen LogP contribution in [0.4, 0.5) is 8.78 Å². The van der Waals surface area contributed by atoms with Gasteiger partial charge in [0, 0.05) is 23.1 Å². The molecule has 0 N–H and O–H groups in total. The molecule has 4 nitrogen and oxygen atoms in total. The maximum Gasteiger partial charge on any atom is 0.201 e. The van der Waals surface area contributed by atoms with E-state index >= 15 is 0 Å². The van der Waals surface area contributed by atoms with E-state index in [2.05, 4.69) is 15.2 Å². The van der Waals surface area contributed by atoms with Crippen molar-refractivity contribution in [3.05, 3.63) is 65.0 Å². The number of hydrogen-bond acceptors (Lipinski definition) is 4. The topological polar surface area (TPSA) is 51.0 Å². The molecular weight excluding hydrogens is 322 g/mol. The first-order chi connectivity index (χ1) is 11.9. The molecule has 126 valence electrons. The van der Waals surface area contributed by atoms with Crippen molar-refractivity contribution in [1.82, 2.24) is 15.2 Å². The first-order valence-corrected chi connectivity index (χ1v) is 8.06. The smallest absolute Gasteiger partial charge is 0.201 e. The van der Waals surface area contributed by atoms with Gasteiger partial charge in [0.1, 0.15) is 22.9 Å². The summed E-state index contributed by atoms with van der Waals surface area (Å²) >= 11 is 0. The Balaban J connectivity index is 1.99. The second-order valence-corrected chi connectivity index (χ2v) is 6.81. The van der Waals surface area contributed by atoms with Gasteiger partial charge < -0.3 is 0 Å². The van der Waals surface area contributed by atoms with Crippen molar-refractivity contribution < 1.29 is 8.78 Å². The van der Waals surface area contributed by atoms with Crippen molar-refractivity contribution in [3.63, 3.8) is 0 Å². The number of hydrogen-bond donors (Lipinski definition) is 0. The van der Waals surface area contributed by atoms with Crippen LogP contribution in [0.1, 0.15) is 43.6 Å². The Labute approximate surface area is 143 Å². The van der Waals surface area contributed by atoms with Gasteiger partial charge in [-0.05, 0) is 32.0 Å². The molecule has 3 aromatic rings. The summed E-state index contributed by atoms with van der Waals surface area (Å²) in [6, 6.07) is 9.53. The quantitative estimate of drug-likeness (QED) is 0.673. The molecule has 0 amide bonds. The lowest BCUT2D eigenvalue weighted by Crippen LogP contribution is -2.34. The molecule has 2 aromatic carbocycles. The average Bonchev–Trinajstić information content (AvgIpc) is 2.57. The molecule has 1 aliphatic rings. The Morgan fingerprint density at radius 2 is 1.72 bits per heavy atom. The van der Waals surface area contributed by atoms with E-state index in [0.717, 1.165) is 6.07 Å². The van der Waals surface area contributed by atoms with Crippen LogP contribution >= 0.6 is 0 Å². The second kappa shape index (κ2) is 5.37. The summed E-state index contributed by atoms with van der Waals surface area (Å²) in [5.41, 5.74) is 1.94. The summed E-state index contributed by atoms with van der Waals surface area (Å²) in [6.45, 7) is 5.72. The van der Waals surface area contributed by atoms with Crippen molar-refractivity contribution >= 4 is 16.7 Å². The third-order valence-corrected chi connectivity index (χ3v) is 4.81. The van der Waals surface area contributed by atoms with Crippen LogP contribution in [0.2, 0.25) is 0 Å². The monoisotopic (exact) mass is 338 g/mol. The van der Waals surface area contributed by atoms with Crippen LogP contribution in [0.5, 0.6) is 0 Å². The van der Waals surface area contributed by atoms with Gasteiger partial charge in [0.05, 0.1) is 11.1 Å². The zero-order chi connectivity index (χ0) is 17.8. The summed E-state index contributed by atoms with van der Waals surface area (Å²) in [6.07, 6.45) is 0. The van der Waals surface area contributed by atoms with E-state index in [1.54, 1.807) is 6.07 Å².